The lowest BCUT2D eigenvalue weighted by Gasteiger charge is -2.28. The van der Waals surface area contributed by atoms with Crippen LogP contribution >= 0.6 is 0 Å². The Bertz CT molecular complexity index is 850. The molecule has 1 amide bonds. The summed E-state index contributed by atoms with van der Waals surface area (Å²) in [6.45, 7) is 8.06. The van der Waals surface area contributed by atoms with Crippen LogP contribution in [0.2, 0.25) is 0 Å². The van der Waals surface area contributed by atoms with Crippen molar-refractivity contribution in [2.45, 2.75) is 19.9 Å². The van der Waals surface area contributed by atoms with Crippen LogP contribution < -0.4 is 19.7 Å². The first-order chi connectivity index (χ1) is 14.7. The number of carbonyl (C=O) groups excluding carboxylic acids is 1. The number of benzene rings is 2. The summed E-state index contributed by atoms with van der Waals surface area (Å²) in [6.07, 6.45) is 0.448. The molecule has 30 heavy (non-hydrogen) atoms. The van der Waals surface area contributed by atoms with Crippen LogP contribution in [-0.4, -0.2) is 57.0 Å². The molecule has 0 radical (unpaired) electrons. The molecule has 0 aliphatic carbocycles. The minimum absolute atomic E-state index is 0.0262. The number of fused-ring (bicyclic) bond motifs is 1. The predicted octanol–water partition coefficient (Wildman–Crippen LogP) is 3.10. The van der Waals surface area contributed by atoms with E-state index < -0.39 is 0 Å². The number of hydrogen-bond acceptors (Lipinski definition) is 6. The number of anilines is 2. The third-order valence-corrected chi connectivity index (χ3v) is 5.47. The molecule has 2 aliphatic rings. The average Bonchev–Trinajstić information content (AvgIpc) is 3.25. The zero-order valence-corrected chi connectivity index (χ0v) is 17.4. The molecule has 2 aliphatic heterocycles. The standard InChI is InChI=1S/C23H29N3O4/c1-2-25(16-18-3-8-21-22(15-18)30-17-29-21)10-9-23(27)24-19-4-6-20(7-5-19)26-11-13-28-14-12-26/h3-8,15H,2,9-14,16-17H2,1H3,(H,24,27). The molecule has 7 nitrogen and oxygen atoms in total. The quantitative estimate of drug-likeness (QED) is 0.720. The van der Waals surface area contributed by atoms with Crippen LogP contribution in [0.3, 0.4) is 0 Å². The van der Waals surface area contributed by atoms with Crippen LogP contribution in [0.25, 0.3) is 0 Å². The number of carbonyl (C=O) groups is 1. The van der Waals surface area contributed by atoms with Crippen LogP contribution in [0.5, 0.6) is 11.5 Å². The second-order valence-electron chi connectivity index (χ2n) is 7.50. The van der Waals surface area contributed by atoms with Crippen LogP contribution in [0.1, 0.15) is 18.9 Å². The molecule has 2 aromatic rings. The molecule has 1 saturated heterocycles. The van der Waals surface area contributed by atoms with Gasteiger partial charge in [-0.05, 0) is 48.5 Å². The van der Waals surface area contributed by atoms with Crippen molar-refractivity contribution in [3.8, 4) is 11.5 Å². The normalized spacial score (nSPS) is 15.5. The second-order valence-corrected chi connectivity index (χ2v) is 7.50. The molecule has 1 fully saturated rings. The maximum absolute atomic E-state index is 12.4. The van der Waals surface area contributed by atoms with Gasteiger partial charge in [0, 0.05) is 44.0 Å². The van der Waals surface area contributed by atoms with E-state index in [1.54, 1.807) is 0 Å². The van der Waals surface area contributed by atoms with E-state index >= 15 is 0 Å². The fourth-order valence-electron chi connectivity index (χ4n) is 3.71. The Labute approximate surface area is 177 Å². The van der Waals surface area contributed by atoms with Gasteiger partial charge >= 0.3 is 0 Å². The van der Waals surface area contributed by atoms with E-state index in [1.807, 2.05) is 30.3 Å². The van der Waals surface area contributed by atoms with Gasteiger partial charge in [-0.3, -0.25) is 9.69 Å². The van der Waals surface area contributed by atoms with Gasteiger partial charge in [-0.25, -0.2) is 0 Å². The number of nitrogens with one attached hydrogen (secondary N) is 1. The summed E-state index contributed by atoms with van der Waals surface area (Å²) in [5, 5.41) is 3.00. The zero-order chi connectivity index (χ0) is 20.8. The van der Waals surface area contributed by atoms with E-state index in [0.717, 1.165) is 67.8 Å². The van der Waals surface area contributed by atoms with Gasteiger partial charge in [-0.2, -0.15) is 0 Å². The Morgan fingerprint density at radius 1 is 1.07 bits per heavy atom. The SMILES string of the molecule is CCN(CCC(=O)Nc1ccc(N2CCOCC2)cc1)Cc1ccc2c(c1)OCO2. The lowest BCUT2D eigenvalue weighted by Crippen LogP contribution is -2.36. The summed E-state index contributed by atoms with van der Waals surface area (Å²) in [7, 11) is 0. The number of hydrogen-bond donors (Lipinski definition) is 1. The monoisotopic (exact) mass is 411 g/mol. The minimum atomic E-state index is 0.0262. The summed E-state index contributed by atoms with van der Waals surface area (Å²) < 4.78 is 16.2. The van der Waals surface area contributed by atoms with Gasteiger partial charge in [-0.1, -0.05) is 13.0 Å². The molecule has 0 spiro atoms. The second kappa shape index (κ2) is 9.82. The first kappa shape index (κ1) is 20.5. The number of nitrogens with zero attached hydrogens (tertiary/aromatic N) is 2. The van der Waals surface area contributed by atoms with Gasteiger partial charge in [0.25, 0.3) is 0 Å². The third-order valence-electron chi connectivity index (χ3n) is 5.47. The maximum Gasteiger partial charge on any atom is 0.231 e. The van der Waals surface area contributed by atoms with Gasteiger partial charge in [-0.15, -0.1) is 0 Å². The predicted molar refractivity (Wildman–Crippen MR) is 116 cm³/mol. The van der Waals surface area contributed by atoms with Crippen molar-refractivity contribution < 1.29 is 19.0 Å². The lowest BCUT2D eigenvalue weighted by atomic mass is 10.2. The molecule has 0 saturated carbocycles. The van der Waals surface area contributed by atoms with Crippen molar-refractivity contribution in [1.29, 1.82) is 0 Å². The van der Waals surface area contributed by atoms with Gasteiger partial charge in [0.1, 0.15) is 0 Å². The van der Waals surface area contributed by atoms with Crippen molar-refractivity contribution in [3.05, 3.63) is 48.0 Å². The van der Waals surface area contributed by atoms with Crippen LogP contribution in [0, 0.1) is 0 Å². The molecule has 7 heteroatoms. The number of rotatable bonds is 8. The van der Waals surface area contributed by atoms with Crippen LogP contribution in [-0.2, 0) is 16.1 Å². The van der Waals surface area contributed by atoms with Crippen molar-refractivity contribution in [3.63, 3.8) is 0 Å². The molecular weight excluding hydrogens is 382 g/mol. The Kier molecular flexibility index (Phi) is 6.71. The molecule has 0 atom stereocenters. The molecule has 160 valence electrons. The topological polar surface area (TPSA) is 63.3 Å². The van der Waals surface area contributed by atoms with E-state index in [0.29, 0.717) is 13.0 Å². The lowest BCUT2D eigenvalue weighted by molar-refractivity contribution is -0.116. The Morgan fingerprint density at radius 3 is 2.60 bits per heavy atom. The van der Waals surface area contributed by atoms with Crippen LogP contribution in [0.15, 0.2) is 42.5 Å². The molecule has 0 aromatic heterocycles. The molecule has 4 rings (SSSR count). The molecular formula is C23H29N3O4. The van der Waals surface area contributed by atoms with Crippen molar-refractivity contribution in [1.82, 2.24) is 4.90 Å². The van der Waals surface area contributed by atoms with Crippen molar-refractivity contribution in [2.24, 2.45) is 0 Å². The van der Waals surface area contributed by atoms with Gasteiger partial charge in [0.15, 0.2) is 11.5 Å². The Balaban J connectivity index is 1.25. The summed E-state index contributed by atoms with van der Waals surface area (Å²) in [4.78, 5) is 17.0. The number of morpholine rings is 1. The van der Waals surface area contributed by atoms with Gasteiger partial charge < -0.3 is 24.4 Å². The van der Waals surface area contributed by atoms with Gasteiger partial charge in [0.2, 0.25) is 12.7 Å². The smallest absolute Gasteiger partial charge is 0.231 e. The van der Waals surface area contributed by atoms with E-state index in [1.165, 1.54) is 0 Å². The van der Waals surface area contributed by atoms with Gasteiger partial charge in [0.05, 0.1) is 13.2 Å². The van der Waals surface area contributed by atoms with E-state index in [-0.39, 0.29) is 12.7 Å². The third kappa shape index (κ3) is 5.23. The minimum Gasteiger partial charge on any atom is -0.454 e. The maximum atomic E-state index is 12.4. The van der Waals surface area contributed by atoms with Crippen LogP contribution in [0.4, 0.5) is 11.4 Å². The average molecular weight is 412 g/mol. The highest BCUT2D eigenvalue weighted by atomic mass is 16.7. The highest BCUT2D eigenvalue weighted by molar-refractivity contribution is 5.91. The first-order valence-corrected chi connectivity index (χ1v) is 10.5. The van der Waals surface area contributed by atoms with Crippen molar-refractivity contribution in [2.75, 3.05) is 56.4 Å². The summed E-state index contributed by atoms with van der Waals surface area (Å²) >= 11 is 0. The Hall–Kier alpha value is -2.77. The largest absolute Gasteiger partial charge is 0.454 e. The molecule has 0 unspecified atom stereocenters. The summed E-state index contributed by atoms with van der Waals surface area (Å²) in [5.74, 6) is 1.61. The fourth-order valence-corrected chi connectivity index (χ4v) is 3.71. The highest BCUT2D eigenvalue weighted by Gasteiger charge is 2.15. The van der Waals surface area contributed by atoms with E-state index in [9.17, 15) is 4.79 Å². The molecule has 0 bridgehead atoms. The number of amides is 1. The van der Waals surface area contributed by atoms with Crippen molar-refractivity contribution >= 4 is 17.3 Å². The Morgan fingerprint density at radius 2 is 1.83 bits per heavy atom. The van der Waals surface area contributed by atoms with E-state index in [4.69, 9.17) is 14.2 Å². The highest BCUT2D eigenvalue weighted by Crippen LogP contribution is 2.32. The molecule has 2 heterocycles. The number of ether oxygens (including phenoxy) is 3. The summed E-state index contributed by atoms with van der Waals surface area (Å²) in [6, 6.07) is 14.0. The fraction of sp³-hybridized carbons (Fsp3) is 0.435. The molecule has 2 aromatic carbocycles. The zero-order valence-electron chi connectivity index (χ0n) is 17.4. The molecule has 1 N–H and O–H groups in total. The first-order valence-electron chi connectivity index (χ1n) is 10.5. The van der Waals surface area contributed by atoms with E-state index in [2.05, 4.69) is 34.2 Å². The summed E-state index contributed by atoms with van der Waals surface area (Å²) in [5.41, 5.74) is 3.15.